The molecule has 2 aromatic rings. The number of para-hydroxylation sites is 1. The lowest BCUT2D eigenvalue weighted by atomic mass is 9.88. The van der Waals surface area contributed by atoms with E-state index in [1.165, 1.54) is 5.56 Å². The lowest BCUT2D eigenvalue weighted by Gasteiger charge is -2.25. The first-order chi connectivity index (χ1) is 14.5. The molecule has 166 valence electrons. The van der Waals surface area contributed by atoms with Gasteiger partial charge in [-0.3, -0.25) is 0 Å². The number of rotatable bonds is 13. The molecule has 0 spiro atoms. The Morgan fingerprint density at radius 2 is 1.63 bits per heavy atom. The SMILES string of the molecule is CCC(O)(CC)CCCCC(C)c1ccccc1OCc1ccc(CO)c(CO)c1. The average molecular weight is 415 g/mol. The lowest BCUT2D eigenvalue weighted by Crippen LogP contribution is -2.26. The molecule has 0 aliphatic heterocycles. The second-order valence-electron chi connectivity index (χ2n) is 8.32. The number of unbranched alkanes of at least 4 members (excludes halogenated alkanes) is 1. The van der Waals surface area contributed by atoms with Gasteiger partial charge in [0.2, 0.25) is 0 Å². The van der Waals surface area contributed by atoms with Crippen LogP contribution in [0.4, 0.5) is 0 Å². The number of hydrogen-bond acceptors (Lipinski definition) is 4. The molecule has 3 N–H and O–H groups in total. The van der Waals surface area contributed by atoms with Crippen LogP contribution in [0.3, 0.4) is 0 Å². The molecule has 0 amide bonds. The lowest BCUT2D eigenvalue weighted by molar-refractivity contribution is 0.0210. The summed E-state index contributed by atoms with van der Waals surface area (Å²) in [6.07, 6.45) is 5.67. The molecular formula is C26H38O4. The van der Waals surface area contributed by atoms with Crippen molar-refractivity contribution >= 4 is 0 Å². The Morgan fingerprint density at radius 1 is 0.933 bits per heavy atom. The molecule has 1 atom stereocenters. The third-order valence-electron chi connectivity index (χ3n) is 6.30. The number of hydrogen-bond donors (Lipinski definition) is 3. The minimum atomic E-state index is -0.511. The standard InChI is InChI=1S/C26H38O4/c1-4-26(29,5-2)15-9-8-10-20(3)24-11-6-7-12-25(24)30-19-21-13-14-22(17-27)23(16-21)18-28/h6-7,11-14,16,20,27-29H,4-5,8-10,15,17-19H2,1-3H3. The molecule has 4 nitrogen and oxygen atoms in total. The van der Waals surface area contributed by atoms with Crippen molar-refractivity contribution < 1.29 is 20.1 Å². The molecule has 2 aromatic carbocycles. The molecular weight excluding hydrogens is 376 g/mol. The van der Waals surface area contributed by atoms with Crippen molar-refractivity contribution in [3.63, 3.8) is 0 Å². The van der Waals surface area contributed by atoms with Crippen LogP contribution in [-0.2, 0) is 19.8 Å². The zero-order valence-electron chi connectivity index (χ0n) is 18.7. The normalized spacial score (nSPS) is 12.7. The van der Waals surface area contributed by atoms with E-state index in [9.17, 15) is 15.3 Å². The van der Waals surface area contributed by atoms with Gasteiger partial charge < -0.3 is 20.1 Å². The highest BCUT2D eigenvalue weighted by molar-refractivity contribution is 5.37. The predicted molar refractivity (Wildman–Crippen MR) is 121 cm³/mol. The van der Waals surface area contributed by atoms with Gasteiger partial charge in [-0.1, -0.05) is 63.9 Å². The highest BCUT2D eigenvalue weighted by Crippen LogP contribution is 2.32. The van der Waals surface area contributed by atoms with Crippen LogP contribution < -0.4 is 4.74 Å². The number of aliphatic hydroxyl groups excluding tert-OH is 2. The molecule has 0 heterocycles. The summed E-state index contributed by atoms with van der Waals surface area (Å²) in [7, 11) is 0. The monoisotopic (exact) mass is 414 g/mol. The molecule has 0 bridgehead atoms. The number of benzene rings is 2. The summed E-state index contributed by atoms with van der Waals surface area (Å²) in [6.45, 7) is 6.59. The highest BCUT2D eigenvalue weighted by atomic mass is 16.5. The van der Waals surface area contributed by atoms with Crippen LogP contribution in [-0.4, -0.2) is 20.9 Å². The van der Waals surface area contributed by atoms with E-state index in [0.29, 0.717) is 12.5 Å². The van der Waals surface area contributed by atoms with Crippen LogP contribution in [0, 0.1) is 0 Å². The van der Waals surface area contributed by atoms with Gasteiger partial charge in [-0.2, -0.15) is 0 Å². The number of aliphatic hydroxyl groups is 3. The van der Waals surface area contributed by atoms with E-state index < -0.39 is 5.60 Å². The van der Waals surface area contributed by atoms with E-state index >= 15 is 0 Å². The molecule has 0 saturated heterocycles. The van der Waals surface area contributed by atoms with Gasteiger partial charge in [0.15, 0.2) is 0 Å². The third-order valence-corrected chi connectivity index (χ3v) is 6.30. The van der Waals surface area contributed by atoms with Gasteiger partial charge in [0.1, 0.15) is 12.4 Å². The van der Waals surface area contributed by atoms with Gasteiger partial charge in [0.25, 0.3) is 0 Å². The van der Waals surface area contributed by atoms with Crippen molar-refractivity contribution in [1.29, 1.82) is 0 Å². The summed E-state index contributed by atoms with van der Waals surface area (Å²) >= 11 is 0. The molecule has 0 radical (unpaired) electrons. The van der Waals surface area contributed by atoms with Crippen molar-refractivity contribution in [2.24, 2.45) is 0 Å². The van der Waals surface area contributed by atoms with Crippen molar-refractivity contribution in [2.75, 3.05) is 0 Å². The van der Waals surface area contributed by atoms with E-state index in [1.807, 2.05) is 36.4 Å². The Hall–Kier alpha value is -1.88. The van der Waals surface area contributed by atoms with Crippen molar-refractivity contribution in [1.82, 2.24) is 0 Å². The van der Waals surface area contributed by atoms with Crippen LogP contribution in [0.5, 0.6) is 5.75 Å². The Balaban J connectivity index is 1.95. The second kappa shape index (κ2) is 12.1. The molecule has 2 rings (SSSR count). The first-order valence-electron chi connectivity index (χ1n) is 11.2. The summed E-state index contributed by atoms with van der Waals surface area (Å²) in [5.41, 5.74) is 3.14. The van der Waals surface area contributed by atoms with E-state index in [1.54, 1.807) is 0 Å². The second-order valence-corrected chi connectivity index (χ2v) is 8.32. The van der Waals surface area contributed by atoms with Crippen molar-refractivity contribution in [2.45, 2.75) is 90.6 Å². The fourth-order valence-electron chi connectivity index (χ4n) is 3.91. The van der Waals surface area contributed by atoms with E-state index in [0.717, 1.165) is 61.0 Å². The van der Waals surface area contributed by atoms with E-state index in [2.05, 4.69) is 26.8 Å². The Kier molecular flexibility index (Phi) is 9.83. The minimum absolute atomic E-state index is 0.0781. The minimum Gasteiger partial charge on any atom is -0.489 e. The zero-order valence-corrected chi connectivity index (χ0v) is 18.7. The molecule has 1 unspecified atom stereocenters. The van der Waals surface area contributed by atoms with Gasteiger partial charge in [-0.05, 0) is 66.0 Å². The van der Waals surface area contributed by atoms with Crippen LogP contribution >= 0.6 is 0 Å². The average Bonchev–Trinajstić information content (AvgIpc) is 2.80. The maximum absolute atomic E-state index is 10.5. The van der Waals surface area contributed by atoms with Crippen LogP contribution in [0.25, 0.3) is 0 Å². The molecule has 0 aliphatic rings. The summed E-state index contributed by atoms with van der Waals surface area (Å²) in [6, 6.07) is 13.8. The maximum Gasteiger partial charge on any atom is 0.123 e. The van der Waals surface area contributed by atoms with Gasteiger partial charge >= 0.3 is 0 Å². The van der Waals surface area contributed by atoms with Crippen LogP contribution in [0.15, 0.2) is 42.5 Å². The van der Waals surface area contributed by atoms with Crippen molar-refractivity contribution in [3.05, 3.63) is 64.7 Å². The Labute approximate surface area is 181 Å². The van der Waals surface area contributed by atoms with Gasteiger partial charge in [-0.25, -0.2) is 0 Å². The molecule has 0 aliphatic carbocycles. The Bertz CT molecular complexity index is 767. The molecule has 0 saturated carbocycles. The topological polar surface area (TPSA) is 69.9 Å². The fraction of sp³-hybridized carbons (Fsp3) is 0.538. The predicted octanol–water partition coefficient (Wildman–Crippen LogP) is 5.47. The first-order valence-corrected chi connectivity index (χ1v) is 11.2. The van der Waals surface area contributed by atoms with Crippen molar-refractivity contribution in [3.8, 4) is 5.75 Å². The van der Waals surface area contributed by atoms with Crippen LogP contribution in [0.2, 0.25) is 0 Å². The highest BCUT2D eigenvalue weighted by Gasteiger charge is 2.21. The molecule has 0 fully saturated rings. The maximum atomic E-state index is 10.5. The largest absolute Gasteiger partial charge is 0.489 e. The molecule has 30 heavy (non-hydrogen) atoms. The summed E-state index contributed by atoms with van der Waals surface area (Å²) in [5.74, 6) is 1.27. The van der Waals surface area contributed by atoms with E-state index in [-0.39, 0.29) is 13.2 Å². The zero-order chi connectivity index (χ0) is 22.0. The summed E-state index contributed by atoms with van der Waals surface area (Å²) in [5, 5.41) is 29.3. The van der Waals surface area contributed by atoms with Crippen LogP contribution in [0.1, 0.15) is 87.5 Å². The fourth-order valence-corrected chi connectivity index (χ4v) is 3.91. The van der Waals surface area contributed by atoms with E-state index in [4.69, 9.17) is 4.74 Å². The summed E-state index contributed by atoms with van der Waals surface area (Å²) < 4.78 is 6.13. The summed E-state index contributed by atoms with van der Waals surface area (Å²) in [4.78, 5) is 0. The van der Waals surface area contributed by atoms with Gasteiger partial charge in [0.05, 0.1) is 18.8 Å². The smallest absolute Gasteiger partial charge is 0.123 e. The molecule has 4 heteroatoms. The Morgan fingerprint density at radius 3 is 2.30 bits per heavy atom. The van der Waals surface area contributed by atoms with Gasteiger partial charge in [-0.15, -0.1) is 0 Å². The molecule has 0 aromatic heterocycles. The van der Waals surface area contributed by atoms with Gasteiger partial charge in [0, 0.05) is 0 Å². The third kappa shape index (κ3) is 6.83. The number of ether oxygens (including phenoxy) is 1. The quantitative estimate of drug-likeness (QED) is 0.380. The first kappa shape index (κ1) is 24.4.